The minimum absolute atomic E-state index is 0.00526. The first-order valence-corrected chi connectivity index (χ1v) is 5.64. The first kappa shape index (κ1) is 12.9. The molecule has 1 atom stereocenters. The summed E-state index contributed by atoms with van der Waals surface area (Å²) in [5.74, 6) is -0.486. The van der Waals surface area contributed by atoms with Gasteiger partial charge in [-0.2, -0.15) is 0 Å². The van der Waals surface area contributed by atoms with E-state index in [-0.39, 0.29) is 18.2 Å². The zero-order valence-corrected chi connectivity index (χ0v) is 10.4. The summed E-state index contributed by atoms with van der Waals surface area (Å²) in [7, 11) is 0. The molecule has 16 heavy (non-hydrogen) atoms. The molecule has 88 valence electrons. The summed E-state index contributed by atoms with van der Waals surface area (Å²) in [4.78, 5) is 14.7. The molecule has 0 spiro atoms. The number of aromatic nitrogens is 1. The van der Waals surface area contributed by atoms with Gasteiger partial charge in [-0.25, -0.2) is 9.78 Å². The number of carboxylic acid groups (broad SMARTS) is 1. The molecule has 0 aliphatic heterocycles. The van der Waals surface area contributed by atoms with E-state index >= 15 is 0 Å². The zero-order chi connectivity index (χ0) is 12.1. The Morgan fingerprint density at radius 3 is 2.81 bits per heavy atom. The number of nitrogens with one attached hydrogen (secondary N) is 1. The van der Waals surface area contributed by atoms with Gasteiger partial charge in [0.25, 0.3) is 0 Å². The molecule has 0 aliphatic carbocycles. The normalized spacial score (nSPS) is 12.2. The van der Waals surface area contributed by atoms with Crippen molar-refractivity contribution in [3.8, 4) is 0 Å². The summed E-state index contributed by atoms with van der Waals surface area (Å²) in [5.41, 5.74) is 0.120. The Kier molecular flexibility index (Phi) is 4.70. The molecule has 0 saturated heterocycles. The van der Waals surface area contributed by atoms with Crippen LogP contribution in [0.1, 0.15) is 23.7 Å². The third kappa shape index (κ3) is 3.18. The van der Waals surface area contributed by atoms with Gasteiger partial charge in [-0.1, -0.05) is 6.92 Å². The molecule has 5 nitrogen and oxygen atoms in total. The molecular formula is C10H13BrN2O3. The van der Waals surface area contributed by atoms with E-state index in [1.54, 1.807) is 0 Å². The van der Waals surface area contributed by atoms with Crippen LogP contribution in [0.25, 0.3) is 0 Å². The topological polar surface area (TPSA) is 82.5 Å². The van der Waals surface area contributed by atoms with Crippen LogP contribution in [0.2, 0.25) is 0 Å². The lowest BCUT2D eigenvalue weighted by Gasteiger charge is -2.15. The van der Waals surface area contributed by atoms with Crippen molar-refractivity contribution in [3.05, 3.63) is 22.3 Å². The van der Waals surface area contributed by atoms with Crippen LogP contribution in [0.4, 0.5) is 5.82 Å². The van der Waals surface area contributed by atoms with Gasteiger partial charge in [-0.05, 0) is 28.4 Å². The Balaban J connectivity index is 2.86. The molecule has 0 fully saturated rings. The number of anilines is 1. The van der Waals surface area contributed by atoms with Gasteiger partial charge in [0.05, 0.1) is 22.7 Å². The number of rotatable bonds is 5. The number of halogens is 1. The van der Waals surface area contributed by atoms with Crippen LogP contribution in [0, 0.1) is 0 Å². The van der Waals surface area contributed by atoms with Crippen molar-refractivity contribution < 1.29 is 15.0 Å². The summed E-state index contributed by atoms with van der Waals surface area (Å²) in [6, 6.07) is 1.39. The highest BCUT2D eigenvalue weighted by molar-refractivity contribution is 9.10. The highest BCUT2D eigenvalue weighted by atomic mass is 79.9. The Morgan fingerprint density at radius 2 is 2.38 bits per heavy atom. The molecule has 0 bridgehead atoms. The van der Waals surface area contributed by atoms with Gasteiger partial charge in [0.2, 0.25) is 0 Å². The maximum Gasteiger partial charge on any atom is 0.337 e. The Morgan fingerprint density at radius 1 is 1.69 bits per heavy atom. The molecule has 0 radical (unpaired) electrons. The third-order valence-corrected chi connectivity index (χ3v) is 2.75. The summed E-state index contributed by atoms with van der Waals surface area (Å²) >= 11 is 3.23. The molecule has 1 aromatic rings. The van der Waals surface area contributed by atoms with Crippen molar-refractivity contribution in [2.24, 2.45) is 0 Å². The first-order chi connectivity index (χ1) is 7.58. The lowest BCUT2D eigenvalue weighted by Crippen LogP contribution is -2.23. The molecule has 3 N–H and O–H groups in total. The van der Waals surface area contributed by atoms with E-state index in [0.717, 1.165) is 6.42 Å². The average molecular weight is 289 g/mol. The Bertz CT molecular complexity index is 380. The number of pyridine rings is 1. The van der Waals surface area contributed by atoms with Gasteiger partial charge in [0, 0.05) is 6.20 Å². The molecule has 6 heteroatoms. The van der Waals surface area contributed by atoms with E-state index in [0.29, 0.717) is 10.3 Å². The standard InChI is InChI=1S/C10H13BrN2O3/c1-2-7(5-14)13-9-8(11)3-6(4-12-9)10(15)16/h3-4,7,14H,2,5H2,1H3,(H,12,13)(H,15,16)/t7-/m1/s1. The number of aliphatic hydroxyl groups excluding tert-OH is 1. The summed E-state index contributed by atoms with van der Waals surface area (Å²) < 4.78 is 0.569. The fraction of sp³-hybridized carbons (Fsp3) is 0.400. The maximum atomic E-state index is 10.7. The van der Waals surface area contributed by atoms with Crippen LogP contribution in [-0.2, 0) is 0 Å². The van der Waals surface area contributed by atoms with Gasteiger partial charge >= 0.3 is 5.97 Å². The fourth-order valence-electron chi connectivity index (χ4n) is 1.13. The van der Waals surface area contributed by atoms with E-state index in [4.69, 9.17) is 10.2 Å². The second kappa shape index (κ2) is 5.81. The fourth-order valence-corrected chi connectivity index (χ4v) is 1.59. The summed E-state index contributed by atoms with van der Waals surface area (Å²) in [6.45, 7) is 1.94. The van der Waals surface area contributed by atoms with Crippen molar-refractivity contribution in [1.82, 2.24) is 4.98 Å². The van der Waals surface area contributed by atoms with Crippen molar-refractivity contribution >= 4 is 27.7 Å². The van der Waals surface area contributed by atoms with E-state index in [1.807, 2.05) is 6.92 Å². The first-order valence-electron chi connectivity index (χ1n) is 4.84. The van der Waals surface area contributed by atoms with Crippen LogP contribution in [-0.4, -0.2) is 33.8 Å². The smallest absolute Gasteiger partial charge is 0.337 e. The molecule has 0 unspecified atom stereocenters. The SMILES string of the molecule is CC[C@H](CO)Nc1ncc(C(=O)O)cc1Br. The van der Waals surface area contributed by atoms with Gasteiger partial charge < -0.3 is 15.5 Å². The van der Waals surface area contributed by atoms with Crippen molar-refractivity contribution in [2.75, 3.05) is 11.9 Å². The number of aromatic carboxylic acids is 1. The molecule has 1 aromatic heterocycles. The van der Waals surface area contributed by atoms with Crippen LogP contribution in [0.3, 0.4) is 0 Å². The summed E-state index contributed by atoms with van der Waals surface area (Å²) in [5, 5.41) is 20.8. The predicted molar refractivity (Wildman–Crippen MR) is 63.7 cm³/mol. The van der Waals surface area contributed by atoms with Crippen LogP contribution >= 0.6 is 15.9 Å². The highest BCUT2D eigenvalue weighted by Gasteiger charge is 2.11. The largest absolute Gasteiger partial charge is 0.478 e. The lowest BCUT2D eigenvalue weighted by atomic mass is 10.2. The minimum atomic E-state index is -1.02. The van der Waals surface area contributed by atoms with Crippen molar-refractivity contribution in [3.63, 3.8) is 0 Å². The lowest BCUT2D eigenvalue weighted by molar-refractivity contribution is 0.0696. The van der Waals surface area contributed by atoms with Crippen molar-refractivity contribution in [2.45, 2.75) is 19.4 Å². The average Bonchev–Trinajstić information content (AvgIpc) is 2.27. The van der Waals surface area contributed by atoms with Gasteiger partial charge in [0.1, 0.15) is 5.82 Å². The van der Waals surface area contributed by atoms with E-state index in [1.165, 1.54) is 12.3 Å². The number of hydrogen-bond donors (Lipinski definition) is 3. The van der Waals surface area contributed by atoms with Crippen LogP contribution < -0.4 is 5.32 Å². The van der Waals surface area contributed by atoms with Gasteiger partial charge in [-0.3, -0.25) is 0 Å². The molecule has 0 aliphatic rings. The number of hydrogen-bond acceptors (Lipinski definition) is 4. The molecule has 1 heterocycles. The number of carboxylic acids is 1. The van der Waals surface area contributed by atoms with Crippen LogP contribution in [0.15, 0.2) is 16.7 Å². The van der Waals surface area contributed by atoms with E-state index in [9.17, 15) is 4.79 Å². The molecule has 0 saturated carbocycles. The Hall–Kier alpha value is -1.14. The third-order valence-electron chi connectivity index (χ3n) is 2.14. The quantitative estimate of drug-likeness (QED) is 0.769. The second-order valence-electron chi connectivity index (χ2n) is 3.29. The molecule has 1 rings (SSSR count). The number of carbonyl (C=O) groups is 1. The van der Waals surface area contributed by atoms with Crippen molar-refractivity contribution in [1.29, 1.82) is 0 Å². The summed E-state index contributed by atoms with van der Waals surface area (Å²) in [6.07, 6.45) is 2.03. The molecule has 0 aromatic carbocycles. The van der Waals surface area contributed by atoms with Gasteiger partial charge in [-0.15, -0.1) is 0 Å². The van der Waals surface area contributed by atoms with Crippen LogP contribution in [0.5, 0.6) is 0 Å². The zero-order valence-electron chi connectivity index (χ0n) is 8.77. The molecular weight excluding hydrogens is 276 g/mol. The number of nitrogens with zero attached hydrogens (tertiary/aromatic N) is 1. The second-order valence-corrected chi connectivity index (χ2v) is 4.15. The minimum Gasteiger partial charge on any atom is -0.478 e. The predicted octanol–water partition coefficient (Wildman–Crippen LogP) is 1.73. The van der Waals surface area contributed by atoms with Gasteiger partial charge in [0.15, 0.2) is 0 Å². The molecule has 0 amide bonds. The van der Waals surface area contributed by atoms with E-state index < -0.39 is 5.97 Å². The number of aliphatic hydroxyl groups is 1. The maximum absolute atomic E-state index is 10.7. The monoisotopic (exact) mass is 288 g/mol. The highest BCUT2D eigenvalue weighted by Crippen LogP contribution is 2.21. The van der Waals surface area contributed by atoms with E-state index in [2.05, 4.69) is 26.2 Å². The Labute approximate surface area is 102 Å².